The molecule has 19 heavy (non-hydrogen) atoms. The SMILES string of the molecule is Cc1ncc(NC(=O)NC2(C3CCC3)CCC2)cn1. The minimum Gasteiger partial charge on any atom is -0.332 e. The molecule has 0 unspecified atom stereocenters. The summed E-state index contributed by atoms with van der Waals surface area (Å²) in [7, 11) is 0. The summed E-state index contributed by atoms with van der Waals surface area (Å²) >= 11 is 0. The molecule has 2 fully saturated rings. The largest absolute Gasteiger partial charge is 0.332 e. The quantitative estimate of drug-likeness (QED) is 0.878. The van der Waals surface area contributed by atoms with Crippen LogP contribution in [0.25, 0.3) is 0 Å². The second-order valence-electron chi connectivity index (χ2n) is 5.74. The zero-order valence-electron chi connectivity index (χ0n) is 11.3. The molecule has 0 aromatic carbocycles. The maximum atomic E-state index is 12.1. The number of carbonyl (C=O) groups excluding carboxylic acids is 1. The number of aryl methyl sites for hydroxylation is 1. The summed E-state index contributed by atoms with van der Waals surface area (Å²) in [5, 5.41) is 6.01. The van der Waals surface area contributed by atoms with E-state index in [2.05, 4.69) is 20.6 Å². The molecule has 5 nitrogen and oxygen atoms in total. The van der Waals surface area contributed by atoms with Crippen molar-refractivity contribution in [2.75, 3.05) is 5.32 Å². The molecule has 102 valence electrons. The van der Waals surface area contributed by atoms with Gasteiger partial charge in [0.2, 0.25) is 0 Å². The first-order chi connectivity index (χ1) is 9.18. The molecular weight excluding hydrogens is 240 g/mol. The molecule has 0 radical (unpaired) electrons. The molecule has 0 bridgehead atoms. The Morgan fingerprint density at radius 2 is 1.95 bits per heavy atom. The van der Waals surface area contributed by atoms with Crippen LogP contribution in [0.5, 0.6) is 0 Å². The van der Waals surface area contributed by atoms with Crippen molar-refractivity contribution >= 4 is 11.7 Å². The Morgan fingerprint density at radius 3 is 2.42 bits per heavy atom. The number of urea groups is 1. The van der Waals surface area contributed by atoms with Gasteiger partial charge in [-0.1, -0.05) is 6.42 Å². The lowest BCUT2D eigenvalue weighted by Gasteiger charge is -2.51. The van der Waals surface area contributed by atoms with Crippen LogP contribution >= 0.6 is 0 Å². The number of amides is 2. The molecule has 0 spiro atoms. The highest BCUT2D eigenvalue weighted by Gasteiger charge is 2.47. The third-order valence-electron chi connectivity index (χ3n) is 4.53. The van der Waals surface area contributed by atoms with E-state index >= 15 is 0 Å². The maximum Gasteiger partial charge on any atom is 0.319 e. The van der Waals surface area contributed by atoms with Gasteiger partial charge >= 0.3 is 6.03 Å². The van der Waals surface area contributed by atoms with Crippen molar-refractivity contribution < 1.29 is 4.79 Å². The van der Waals surface area contributed by atoms with Crippen molar-refractivity contribution in [3.8, 4) is 0 Å². The van der Waals surface area contributed by atoms with Crippen molar-refractivity contribution in [3.63, 3.8) is 0 Å². The summed E-state index contributed by atoms with van der Waals surface area (Å²) in [6.07, 6.45) is 10.6. The second kappa shape index (κ2) is 4.79. The minimum atomic E-state index is -0.126. The maximum absolute atomic E-state index is 12.1. The standard InChI is InChI=1S/C14H20N4O/c1-10-15-8-12(9-16-10)17-13(19)18-14(6-3-7-14)11-4-2-5-11/h8-9,11H,2-7H2,1H3,(H2,17,18,19). The summed E-state index contributed by atoms with van der Waals surface area (Å²) in [6, 6.07) is -0.126. The van der Waals surface area contributed by atoms with Crippen molar-refractivity contribution in [2.45, 2.75) is 51.0 Å². The fourth-order valence-electron chi connectivity index (χ4n) is 3.00. The number of hydrogen-bond acceptors (Lipinski definition) is 3. The summed E-state index contributed by atoms with van der Waals surface area (Å²) < 4.78 is 0. The number of rotatable bonds is 3. The molecule has 5 heteroatoms. The molecular formula is C14H20N4O. The van der Waals surface area contributed by atoms with Crippen LogP contribution in [0.3, 0.4) is 0 Å². The van der Waals surface area contributed by atoms with Gasteiger partial charge in [0.05, 0.1) is 18.1 Å². The van der Waals surface area contributed by atoms with Gasteiger partial charge in [-0.25, -0.2) is 14.8 Å². The number of nitrogens with zero attached hydrogens (tertiary/aromatic N) is 2. The molecule has 2 saturated carbocycles. The smallest absolute Gasteiger partial charge is 0.319 e. The number of nitrogens with one attached hydrogen (secondary N) is 2. The molecule has 0 atom stereocenters. The van der Waals surface area contributed by atoms with E-state index in [0.717, 1.165) is 12.8 Å². The molecule has 1 aromatic heterocycles. The second-order valence-corrected chi connectivity index (χ2v) is 5.74. The van der Waals surface area contributed by atoms with E-state index in [-0.39, 0.29) is 11.6 Å². The van der Waals surface area contributed by atoms with Gasteiger partial charge in [-0.2, -0.15) is 0 Å². The van der Waals surface area contributed by atoms with Crippen LogP contribution in [0.15, 0.2) is 12.4 Å². The Hall–Kier alpha value is -1.65. The van der Waals surface area contributed by atoms with Crippen LogP contribution in [0.4, 0.5) is 10.5 Å². The van der Waals surface area contributed by atoms with Gasteiger partial charge in [0.25, 0.3) is 0 Å². The molecule has 0 saturated heterocycles. The Morgan fingerprint density at radius 1 is 1.26 bits per heavy atom. The first-order valence-corrected chi connectivity index (χ1v) is 7.06. The molecule has 2 aliphatic rings. The molecule has 2 amide bonds. The highest BCUT2D eigenvalue weighted by molar-refractivity contribution is 5.89. The van der Waals surface area contributed by atoms with Crippen molar-refractivity contribution in [1.82, 2.24) is 15.3 Å². The Kier molecular flexibility index (Phi) is 3.12. The number of anilines is 1. The van der Waals surface area contributed by atoms with E-state index in [1.54, 1.807) is 12.4 Å². The van der Waals surface area contributed by atoms with Crippen molar-refractivity contribution in [3.05, 3.63) is 18.2 Å². The number of carbonyl (C=O) groups is 1. The van der Waals surface area contributed by atoms with E-state index in [4.69, 9.17) is 0 Å². The predicted octanol–water partition coefficient (Wildman–Crippen LogP) is 2.63. The topological polar surface area (TPSA) is 66.9 Å². The van der Waals surface area contributed by atoms with E-state index < -0.39 is 0 Å². The molecule has 0 aliphatic heterocycles. The average molecular weight is 260 g/mol. The Bertz CT molecular complexity index is 463. The molecule has 1 aromatic rings. The lowest BCUT2D eigenvalue weighted by atomic mass is 9.61. The minimum absolute atomic E-state index is 0.0634. The van der Waals surface area contributed by atoms with Gasteiger partial charge in [-0.15, -0.1) is 0 Å². The fraction of sp³-hybridized carbons (Fsp3) is 0.643. The third-order valence-corrected chi connectivity index (χ3v) is 4.53. The van der Waals surface area contributed by atoms with E-state index in [1.165, 1.54) is 25.7 Å². The molecule has 1 heterocycles. The number of aromatic nitrogens is 2. The highest BCUT2D eigenvalue weighted by atomic mass is 16.2. The van der Waals surface area contributed by atoms with Crippen LogP contribution in [0.2, 0.25) is 0 Å². The van der Waals surface area contributed by atoms with E-state index in [0.29, 0.717) is 17.4 Å². The van der Waals surface area contributed by atoms with Gasteiger partial charge in [0.1, 0.15) is 5.82 Å². The lowest BCUT2D eigenvalue weighted by Crippen LogP contribution is -2.60. The Labute approximate surface area is 113 Å². The zero-order chi connectivity index (χ0) is 13.3. The summed E-state index contributed by atoms with van der Waals surface area (Å²) in [5.74, 6) is 1.39. The summed E-state index contributed by atoms with van der Waals surface area (Å²) in [4.78, 5) is 20.2. The number of hydrogen-bond donors (Lipinski definition) is 2. The van der Waals surface area contributed by atoms with Gasteiger partial charge in [0, 0.05) is 5.54 Å². The van der Waals surface area contributed by atoms with Crippen LogP contribution < -0.4 is 10.6 Å². The van der Waals surface area contributed by atoms with Crippen LogP contribution in [-0.2, 0) is 0 Å². The lowest BCUT2D eigenvalue weighted by molar-refractivity contribution is 0.0625. The summed E-state index contributed by atoms with van der Waals surface area (Å²) in [6.45, 7) is 1.82. The third kappa shape index (κ3) is 2.41. The zero-order valence-corrected chi connectivity index (χ0v) is 11.3. The van der Waals surface area contributed by atoms with E-state index in [1.807, 2.05) is 6.92 Å². The monoisotopic (exact) mass is 260 g/mol. The van der Waals surface area contributed by atoms with Crippen molar-refractivity contribution in [1.29, 1.82) is 0 Å². The molecule has 2 N–H and O–H groups in total. The van der Waals surface area contributed by atoms with Gasteiger partial charge in [0.15, 0.2) is 0 Å². The van der Waals surface area contributed by atoms with Crippen LogP contribution in [0, 0.1) is 12.8 Å². The average Bonchev–Trinajstić information content (AvgIpc) is 2.27. The Balaban J connectivity index is 1.59. The highest BCUT2D eigenvalue weighted by Crippen LogP contribution is 2.47. The first-order valence-electron chi connectivity index (χ1n) is 7.06. The van der Waals surface area contributed by atoms with Crippen molar-refractivity contribution in [2.24, 2.45) is 5.92 Å². The van der Waals surface area contributed by atoms with Gasteiger partial charge < -0.3 is 10.6 Å². The fourth-order valence-corrected chi connectivity index (χ4v) is 3.00. The first kappa shape index (κ1) is 12.4. The van der Waals surface area contributed by atoms with Crippen LogP contribution in [0.1, 0.15) is 44.3 Å². The van der Waals surface area contributed by atoms with Gasteiger partial charge in [-0.05, 0) is 44.9 Å². The summed E-state index contributed by atoms with van der Waals surface area (Å²) in [5.41, 5.74) is 0.708. The normalized spacial score (nSPS) is 21.1. The van der Waals surface area contributed by atoms with Crippen LogP contribution in [-0.4, -0.2) is 21.5 Å². The predicted molar refractivity (Wildman–Crippen MR) is 72.8 cm³/mol. The van der Waals surface area contributed by atoms with Gasteiger partial charge in [-0.3, -0.25) is 0 Å². The van der Waals surface area contributed by atoms with E-state index in [9.17, 15) is 4.79 Å². The molecule has 2 aliphatic carbocycles. The molecule has 3 rings (SSSR count).